The van der Waals surface area contributed by atoms with E-state index in [1.54, 1.807) is 0 Å². The van der Waals surface area contributed by atoms with Gasteiger partial charge in [0, 0.05) is 6.42 Å². The molecule has 0 fully saturated rings. The van der Waals surface area contributed by atoms with Crippen molar-refractivity contribution in [2.45, 2.75) is 56.7 Å². The minimum absolute atomic E-state index is 0.0188. The zero-order valence-electron chi connectivity index (χ0n) is 14.8. The molecule has 0 aromatic carbocycles. The molecule has 3 amide bonds. The molecule has 0 radical (unpaired) electrons. The average Bonchev–Trinajstić information content (AvgIpc) is 2.57. The van der Waals surface area contributed by atoms with E-state index in [0.717, 1.165) is 0 Å². The Hall–Kier alpha value is -2.73. The fourth-order valence-electron chi connectivity index (χ4n) is 2.12. The monoisotopic (exact) mass is 389 g/mol. The van der Waals surface area contributed by atoms with Crippen LogP contribution in [0.3, 0.4) is 0 Å². The highest BCUT2D eigenvalue weighted by molar-refractivity contribution is 5.92. The van der Waals surface area contributed by atoms with Crippen molar-refractivity contribution in [3.05, 3.63) is 0 Å². The molecular weight excluding hydrogens is 362 g/mol. The Morgan fingerprint density at radius 2 is 1.48 bits per heavy atom. The van der Waals surface area contributed by atoms with E-state index in [1.165, 1.54) is 0 Å². The Kier molecular flexibility index (Phi) is 11.3. The van der Waals surface area contributed by atoms with Crippen LogP contribution >= 0.6 is 0 Å². The number of nitrogens with one attached hydrogen (secondary N) is 2. The van der Waals surface area contributed by atoms with E-state index in [2.05, 4.69) is 10.6 Å². The minimum Gasteiger partial charge on any atom is -0.481 e. The van der Waals surface area contributed by atoms with Gasteiger partial charge < -0.3 is 38.0 Å². The first-order valence-corrected chi connectivity index (χ1v) is 8.37. The molecule has 0 aromatic rings. The number of carboxylic acid groups (broad SMARTS) is 2. The summed E-state index contributed by atoms with van der Waals surface area (Å²) in [5.41, 5.74) is 16.0. The second kappa shape index (κ2) is 12.6. The summed E-state index contributed by atoms with van der Waals surface area (Å²) in [6, 6.07) is -3.86. The predicted molar refractivity (Wildman–Crippen MR) is 93.1 cm³/mol. The lowest BCUT2D eigenvalue weighted by molar-refractivity contribution is -0.147. The first-order valence-electron chi connectivity index (χ1n) is 8.37. The van der Waals surface area contributed by atoms with Gasteiger partial charge in [-0.2, -0.15) is 0 Å². The molecule has 0 bridgehead atoms. The second-order valence-corrected chi connectivity index (χ2v) is 5.95. The van der Waals surface area contributed by atoms with Crippen LogP contribution < -0.4 is 27.8 Å². The van der Waals surface area contributed by atoms with Crippen LogP contribution in [0.5, 0.6) is 0 Å². The van der Waals surface area contributed by atoms with Crippen LogP contribution in [0.25, 0.3) is 0 Å². The lowest BCUT2D eigenvalue weighted by Crippen LogP contribution is -2.54. The molecule has 10 N–H and O–H groups in total. The normalized spacial score (nSPS) is 13.9. The number of rotatable bonds is 14. The summed E-state index contributed by atoms with van der Waals surface area (Å²) in [5, 5.41) is 22.2. The Morgan fingerprint density at radius 1 is 0.889 bits per heavy atom. The van der Waals surface area contributed by atoms with Gasteiger partial charge in [-0.25, -0.2) is 4.79 Å². The third-order valence-electron chi connectivity index (χ3n) is 3.61. The second-order valence-electron chi connectivity index (χ2n) is 5.95. The number of carboxylic acids is 2. The fourth-order valence-corrected chi connectivity index (χ4v) is 2.12. The molecule has 0 spiro atoms. The van der Waals surface area contributed by atoms with Gasteiger partial charge in [0.2, 0.25) is 17.7 Å². The number of carbonyl (C=O) groups is 5. The highest BCUT2D eigenvalue weighted by Crippen LogP contribution is 2.04. The quantitative estimate of drug-likeness (QED) is 0.152. The van der Waals surface area contributed by atoms with E-state index in [-0.39, 0.29) is 19.3 Å². The van der Waals surface area contributed by atoms with Gasteiger partial charge in [-0.05, 0) is 32.2 Å². The van der Waals surface area contributed by atoms with Gasteiger partial charge in [0.05, 0.1) is 12.5 Å². The third-order valence-corrected chi connectivity index (χ3v) is 3.61. The Morgan fingerprint density at radius 3 is 1.96 bits per heavy atom. The van der Waals surface area contributed by atoms with Crippen LogP contribution in [0.4, 0.5) is 0 Å². The lowest BCUT2D eigenvalue weighted by atomic mass is 10.1. The van der Waals surface area contributed by atoms with Crippen LogP contribution in [-0.2, 0) is 24.0 Å². The third kappa shape index (κ3) is 10.8. The minimum atomic E-state index is -1.65. The van der Waals surface area contributed by atoms with Crippen molar-refractivity contribution in [3.8, 4) is 0 Å². The van der Waals surface area contributed by atoms with E-state index in [1.807, 2.05) is 0 Å². The van der Waals surface area contributed by atoms with Gasteiger partial charge >= 0.3 is 11.9 Å². The van der Waals surface area contributed by atoms with Crippen LogP contribution in [0.1, 0.15) is 38.5 Å². The van der Waals surface area contributed by atoms with E-state index < -0.39 is 54.2 Å². The molecule has 0 rings (SSSR count). The number of hydrogen-bond acceptors (Lipinski definition) is 7. The molecule has 12 heteroatoms. The van der Waals surface area contributed by atoms with Gasteiger partial charge in [0.25, 0.3) is 0 Å². The van der Waals surface area contributed by atoms with Crippen LogP contribution in [-0.4, -0.2) is 64.5 Å². The number of nitrogens with two attached hydrogens (primary N) is 3. The van der Waals surface area contributed by atoms with Crippen molar-refractivity contribution in [1.29, 1.82) is 0 Å². The average molecular weight is 389 g/mol. The predicted octanol–water partition coefficient (Wildman–Crippen LogP) is -2.76. The fraction of sp³-hybridized carbons (Fsp3) is 0.667. The van der Waals surface area contributed by atoms with Crippen molar-refractivity contribution in [3.63, 3.8) is 0 Å². The van der Waals surface area contributed by atoms with Crippen molar-refractivity contribution in [2.24, 2.45) is 17.2 Å². The summed E-state index contributed by atoms with van der Waals surface area (Å²) in [6.45, 7) is 0.358. The van der Waals surface area contributed by atoms with Crippen LogP contribution in [0.2, 0.25) is 0 Å². The maximum Gasteiger partial charge on any atom is 0.326 e. The lowest BCUT2D eigenvalue weighted by Gasteiger charge is -2.22. The summed E-state index contributed by atoms with van der Waals surface area (Å²) in [6.07, 6.45) is 0.222. The number of unbranched alkanes of at least 4 members (excludes halogenated alkanes) is 1. The van der Waals surface area contributed by atoms with Crippen molar-refractivity contribution in [2.75, 3.05) is 6.54 Å². The summed E-state index contributed by atoms with van der Waals surface area (Å²) in [5.74, 6) is -5.12. The number of primary amides is 1. The molecule has 12 nitrogen and oxygen atoms in total. The first-order chi connectivity index (χ1) is 12.6. The topological polar surface area (TPSA) is 228 Å². The number of carbonyl (C=O) groups excluding carboxylic acids is 3. The molecule has 0 aromatic heterocycles. The molecule has 0 heterocycles. The van der Waals surface area contributed by atoms with E-state index in [0.29, 0.717) is 19.4 Å². The summed E-state index contributed by atoms with van der Waals surface area (Å²) >= 11 is 0. The molecule has 3 unspecified atom stereocenters. The summed E-state index contributed by atoms with van der Waals surface area (Å²) in [4.78, 5) is 57.0. The largest absolute Gasteiger partial charge is 0.481 e. The molecule has 0 aliphatic rings. The Balaban J connectivity index is 5.01. The molecule has 0 aliphatic heterocycles. The van der Waals surface area contributed by atoms with Crippen molar-refractivity contribution >= 4 is 29.7 Å². The van der Waals surface area contributed by atoms with E-state index in [4.69, 9.17) is 27.4 Å². The van der Waals surface area contributed by atoms with Crippen molar-refractivity contribution in [1.82, 2.24) is 10.6 Å². The molecule has 154 valence electrons. The SMILES string of the molecule is NCCCCC(NC(=O)C(N)CCC(N)=O)C(=O)NC(CC(=O)O)C(=O)O. The molecule has 0 saturated carbocycles. The number of aliphatic carboxylic acids is 2. The molecule has 3 atom stereocenters. The van der Waals surface area contributed by atoms with Crippen LogP contribution in [0, 0.1) is 0 Å². The van der Waals surface area contributed by atoms with Crippen LogP contribution in [0.15, 0.2) is 0 Å². The van der Waals surface area contributed by atoms with Gasteiger partial charge in [-0.3, -0.25) is 19.2 Å². The summed E-state index contributed by atoms with van der Waals surface area (Å²) < 4.78 is 0. The first kappa shape index (κ1) is 24.3. The Bertz CT molecular complexity index is 555. The van der Waals surface area contributed by atoms with Gasteiger partial charge in [-0.1, -0.05) is 0 Å². The standard InChI is InChI=1S/C15H27N5O7/c16-6-2-1-3-9(19-13(24)8(17)4-5-11(18)21)14(25)20-10(15(26)27)7-12(22)23/h8-10H,1-7,16-17H2,(H2,18,21)(H,19,24)(H,20,25)(H,22,23)(H,26,27). The highest BCUT2D eigenvalue weighted by Gasteiger charge is 2.29. The number of amides is 3. The van der Waals surface area contributed by atoms with Gasteiger partial charge in [0.15, 0.2) is 0 Å². The number of hydrogen-bond donors (Lipinski definition) is 7. The van der Waals surface area contributed by atoms with Crippen molar-refractivity contribution < 1.29 is 34.2 Å². The van der Waals surface area contributed by atoms with Gasteiger partial charge in [-0.15, -0.1) is 0 Å². The molecule has 0 saturated heterocycles. The summed E-state index contributed by atoms with van der Waals surface area (Å²) in [7, 11) is 0. The maximum absolute atomic E-state index is 12.3. The molecule has 27 heavy (non-hydrogen) atoms. The maximum atomic E-state index is 12.3. The highest BCUT2D eigenvalue weighted by atomic mass is 16.4. The molecule has 0 aliphatic carbocycles. The molecular formula is C15H27N5O7. The smallest absolute Gasteiger partial charge is 0.326 e. The zero-order chi connectivity index (χ0) is 21.0. The van der Waals surface area contributed by atoms with Gasteiger partial charge in [0.1, 0.15) is 12.1 Å². The zero-order valence-corrected chi connectivity index (χ0v) is 14.8. The Labute approximate surface area is 155 Å². The van der Waals surface area contributed by atoms with E-state index >= 15 is 0 Å². The van der Waals surface area contributed by atoms with E-state index in [9.17, 15) is 24.0 Å².